The summed E-state index contributed by atoms with van der Waals surface area (Å²) in [6.07, 6.45) is 7.15. The Labute approximate surface area is 124 Å². The van der Waals surface area contributed by atoms with Gasteiger partial charge in [0.25, 0.3) is 0 Å². The largest absolute Gasteiger partial charge is 0.476 e. The molecule has 7 nitrogen and oxygen atoms in total. The highest BCUT2D eigenvalue weighted by atomic mass is 19.1. The molecule has 0 amide bonds. The fraction of sp³-hybridized carbons (Fsp3) is 0.286. The van der Waals surface area contributed by atoms with Crippen LogP contribution in [0.2, 0.25) is 0 Å². The van der Waals surface area contributed by atoms with E-state index >= 15 is 0 Å². The smallest absolute Gasteiger partial charge is 0.358 e. The molecule has 8 heteroatoms. The number of nitrogens with zero attached hydrogens (tertiary/aromatic N) is 5. The van der Waals surface area contributed by atoms with Crippen LogP contribution < -0.4 is 0 Å². The summed E-state index contributed by atoms with van der Waals surface area (Å²) in [7, 11) is 0. The number of hydrogen-bond donors (Lipinski definition) is 1. The van der Waals surface area contributed by atoms with Crippen LogP contribution in [-0.4, -0.2) is 35.5 Å². The lowest BCUT2D eigenvalue weighted by atomic mass is 10.2. The van der Waals surface area contributed by atoms with Gasteiger partial charge in [0.05, 0.1) is 18.4 Å². The van der Waals surface area contributed by atoms with Crippen molar-refractivity contribution in [2.75, 3.05) is 0 Å². The summed E-state index contributed by atoms with van der Waals surface area (Å²) in [6, 6.07) is 1.54. The van der Waals surface area contributed by atoms with E-state index in [1.54, 1.807) is 16.7 Å². The van der Waals surface area contributed by atoms with Crippen molar-refractivity contribution in [3.8, 4) is 0 Å². The molecule has 1 saturated carbocycles. The van der Waals surface area contributed by atoms with Gasteiger partial charge < -0.3 is 9.51 Å². The summed E-state index contributed by atoms with van der Waals surface area (Å²) in [6.45, 7) is 0.236. The average molecular weight is 301 g/mol. The van der Waals surface area contributed by atoms with E-state index < -0.39 is 5.97 Å². The molecule has 112 valence electrons. The molecule has 1 N–H and O–H groups in total. The van der Waals surface area contributed by atoms with Gasteiger partial charge in [-0.05, 0) is 30.4 Å². The van der Waals surface area contributed by atoms with Gasteiger partial charge in [-0.25, -0.2) is 18.9 Å². The van der Waals surface area contributed by atoms with Crippen LogP contribution in [0.25, 0.3) is 5.65 Å². The fourth-order valence-electron chi connectivity index (χ4n) is 2.48. The van der Waals surface area contributed by atoms with Crippen LogP contribution in [0.3, 0.4) is 0 Å². The zero-order chi connectivity index (χ0) is 15.3. The number of aromatic carboxylic acids is 1. The Morgan fingerprint density at radius 2 is 2.18 bits per heavy atom. The van der Waals surface area contributed by atoms with Crippen molar-refractivity contribution in [3.63, 3.8) is 0 Å². The van der Waals surface area contributed by atoms with E-state index in [9.17, 15) is 9.18 Å². The number of fused-ring (bicyclic) bond motifs is 1. The van der Waals surface area contributed by atoms with Crippen molar-refractivity contribution >= 4 is 11.6 Å². The molecule has 4 rings (SSSR count). The van der Waals surface area contributed by atoms with E-state index in [4.69, 9.17) is 5.11 Å². The van der Waals surface area contributed by atoms with Crippen molar-refractivity contribution in [1.82, 2.24) is 24.4 Å². The maximum atomic E-state index is 14.1. The minimum atomic E-state index is -1.14. The van der Waals surface area contributed by atoms with Gasteiger partial charge in [0.1, 0.15) is 0 Å². The highest BCUT2D eigenvalue weighted by molar-refractivity contribution is 5.84. The minimum absolute atomic E-state index is 0.133. The summed E-state index contributed by atoms with van der Waals surface area (Å²) in [5, 5.41) is 16.1. The molecule has 0 bridgehead atoms. The molecule has 3 aromatic heterocycles. The molecular weight excluding hydrogens is 289 g/mol. The van der Waals surface area contributed by atoms with Gasteiger partial charge in [-0.2, -0.15) is 0 Å². The standard InChI is InChI=1S/C14H12FN5O2/c15-11-3-9(8-1-2-8)4-19-5-10(16-13(11)19)6-20-7-12(14(21)22)17-18-20/h3-5,7-8H,1-2,6H2,(H,21,22). The summed E-state index contributed by atoms with van der Waals surface area (Å²) < 4.78 is 17.1. The molecule has 0 radical (unpaired) electrons. The lowest BCUT2D eigenvalue weighted by Gasteiger charge is -2.00. The number of carboxylic acid groups (broad SMARTS) is 1. The van der Waals surface area contributed by atoms with E-state index in [1.165, 1.54) is 10.9 Å². The minimum Gasteiger partial charge on any atom is -0.476 e. The molecule has 0 aliphatic heterocycles. The SMILES string of the molecule is O=C(O)c1cn(Cc2cn3cc(C4CC4)cc(F)c3n2)nn1. The number of halogens is 1. The lowest BCUT2D eigenvalue weighted by molar-refractivity contribution is 0.0690. The zero-order valence-corrected chi connectivity index (χ0v) is 11.5. The van der Waals surface area contributed by atoms with Crippen molar-refractivity contribution in [3.05, 3.63) is 47.4 Å². The van der Waals surface area contributed by atoms with Crippen LogP contribution in [-0.2, 0) is 6.54 Å². The molecule has 0 aromatic carbocycles. The maximum Gasteiger partial charge on any atom is 0.358 e. The first-order chi connectivity index (χ1) is 10.6. The zero-order valence-electron chi connectivity index (χ0n) is 11.5. The first-order valence-electron chi connectivity index (χ1n) is 6.90. The van der Waals surface area contributed by atoms with Crippen LogP contribution in [0.5, 0.6) is 0 Å². The second-order valence-corrected chi connectivity index (χ2v) is 5.47. The number of rotatable bonds is 4. The van der Waals surface area contributed by atoms with Crippen LogP contribution in [0.1, 0.15) is 40.5 Å². The van der Waals surface area contributed by atoms with E-state index in [-0.39, 0.29) is 23.7 Å². The quantitative estimate of drug-likeness (QED) is 0.792. The summed E-state index contributed by atoms with van der Waals surface area (Å²) in [4.78, 5) is 15.0. The number of carbonyl (C=O) groups is 1. The van der Waals surface area contributed by atoms with Crippen molar-refractivity contribution in [2.45, 2.75) is 25.3 Å². The third-order valence-electron chi connectivity index (χ3n) is 3.71. The molecular formula is C14H12FN5O2. The molecule has 3 aromatic rings. The Morgan fingerprint density at radius 3 is 2.86 bits per heavy atom. The number of aromatic nitrogens is 5. The predicted octanol–water partition coefficient (Wildman–Crippen LogP) is 1.69. The Bertz CT molecular complexity index is 881. The van der Waals surface area contributed by atoms with Crippen LogP contribution >= 0.6 is 0 Å². The number of pyridine rings is 1. The summed E-state index contributed by atoms with van der Waals surface area (Å²) in [5.74, 6) is -1.03. The molecule has 0 saturated heterocycles. The maximum absolute atomic E-state index is 14.1. The van der Waals surface area contributed by atoms with Gasteiger partial charge in [0.2, 0.25) is 0 Å². The van der Waals surface area contributed by atoms with Gasteiger partial charge >= 0.3 is 5.97 Å². The van der Waals surface area contributed by atoms with Gasteiger partial charge in [0.15, 0.2) is 17.2 Å². The first kappa shape index (κ1) is 12.9. The van der Waals surface area contributed by atoms with E-state index in [1.807, 2.05) is 6.20 Å². The van der Waals surface area contributed by atoms with Crippen LogP contribution in [0.15, 0.2) is 24.7 Å². The van der Waals surface area contributed by atoms with E-state index in [0.717, 1.165) is 18.4 Å². The molecule has 1 aliphatic carbocycles. The highest BCUT2D eigenvalue weighted by Crippen LogP contribution is 2.40. The second-order valence-electron chi connectivity index (χ2n) is 5.47. The first-order valence-corrected chi connectivity index (χ1v) is 6.90. The number of carboxylic acids is 1. The third kappa shape index (κ3) is 2.22. The Kier molecular flexibility index (Phi) is 2.72. The Balaban J connectivity index is 1.66. The third-order valence-corrected chi connectivity index (χ3v) is 3.71. The van der Waals surface area contributed by atoms with Gasteiger partial charge in [-0.1, -0.05) is 5.21 Å². The lowest BCUT2D eigenvalue weighted by Crippen LogP contribution is -2.00. The Hall–Kier alpha value is -2.77. The van der Waals surface area contributed by atoms with Crippen molar-refractivity contribution in [1.29, 1.82) is 0 Å². The number of hydrogen-bond acceptors (Lipinski definition) is 4. The molecule has 22 heavy (non-hydrogen) atoms. The molecule has 1 fully saturated rings. The summed E-state index contributed by atoms with van der Waals surface area (Å²) >= 11 is 0. The van der Waals surface area contributed by atoms with Crippen molar-refractivity contribution in [2.24, 2.45) is 0 Å². The van der Waals surface area contributed by atoms with E-state index in [2.05, 4.69) is 15.3 Å². The van der Waals surface area contributed by atoms with Gasteiger partial charge in [-0.3, -0.25) is 0 Å². The monoisotopic (exact) mass is 301 g/mol. The van der Waals surface area contributed by atoms with E-state index in [0.29, 0.717) is 11.6 Å². The molecule has 0 atom stereocenters. The average Bonchev–Trinajstić information content (AvgIpc) is 3.08. The number of imidazole rings is 1. The van der Waals surface area contributed by atoms with Gasteiger partial charge in [0, 0.05) is 12.4 Å². The summed E-state index contributed by atoms with van der Waals surface area (Å²) in [5.41, 5.74) is 1.71. The topological polar surface area (TPSA) is 85.3 Å². The van der Waals surface area contributed by atoms with Crippen LogP contribution in [0, 0.1) is 5.82 Å². The molecule has 1 aliphatic rings. The second kappa shape index (κ2) is 4.62. The van der Waals surface area contributed by atoms with Crippen LogP contribution in [0.4, 0.5) is 4.39 Å². The normalized spacial score (nSPS) is 14.6. The molecule has 3 heterocycles. The Morgan fingerprint density at radius 1 is 1.36 bits per heavy atom. The van der Waals surface area contributed by atoms with Gasteiger partial charge in [-0.15, -0.1) is 5.10 Å². The highest BCUT2D eigenvalue weighted by Gasteiger charge is 2.25. The van der Waals surface area contributed by atoms with Crippen molar-refractivity contribution < 1.29 is 14.3 Å². The molecule has 0 unspecified atom stereocenters. The molecule has 0 spiro atoms. The predicted molar refractivity (Wildman–Crippen MR) is 73.2 cm³/mol. The fourth-order valence-corrected chi connectivity index (χ4v) is 2.48.